The summed E-state index contributed by atoms with van der Waals surface area (Å²) in [4.78, 5) is 37.6. The summed E-state index contributed by atoms with van der Waals surface area (Å²) in [5.74, 6) is -0.380. The molecule has 0 fully saturated rings. The molecule has 1 heterocycles. The molecular weight excluding hydrogens is 418 g/mol. The lowest BCUT2D eigenvalue weighted by Gasteiger charge is -2.18. The van der Waals surface area contributed by atoms with Crippen LogP contribution in [0.5, 0.6) is 5.75 Å². The van der Waals surface area contributed by atoms with E-state index in [0.29, 0.717) is 22.2 Å². The topological polar surface area (TPSA) is 90.9 Å². The van der Waals surface area contributed by atoms with Gasteiger partial charge in [-0.15, -0.1) is 11.3 Å². The molecule has 1 amide bonds. The van der Waals surface area contributed by atoms with Crippen molar-refractivity contribution in [2.24, 2.45) is 5.92 Å². The van der Waals surface area contributed by atoms with E-state index in [-0.39, 0.29) is 0 Å². The SMILES string of the molecule is COC(=O)c1c(NC(=O)COC(=O)/C=C/c2ccc(OC)cc2)sc2c1CCC(C)C2. The van der Waals surface area contributed by atoms with Crippen LogP contribution in [-0.2, 0) is 31.9 Å². The highest BCUT2D eigenvalue weighted by atomic mass is 32.1. The summed E-state index contributed by atoms with van der Waals surface area (Å²) < 4.78 is 15.0. The van der Waals surface area contributed by atoms with Crippen LogP contribution in [0.4, 0.5) is 5.00 Å². The number of carbonyl (C=O) groups excluding carboxylic acids is 3. The van der Waals surface area contributed by atoms with Crippen LogP contribution in [0.1, 0.15) is 39.7 Å². The number of hydrogen-bond acceptors (Lipinski definition) is 7. The zero-order valence-corrected chi connectivity index (χ0v) is 18.5. The molecule has 0 bridgehead atoms. The Hall–Kier alpha value is -3.13. The molecule has 0 radical (unpaired) electrons. The summed E-state index contributed by atoms with van der Waals surface area (Å²) in [5.41, 5.74) is 2.15. The Kier molecular flexibility index (Phi) is 7.46. The molecule has 164 valence electrons. The molecule has 7 nitrogen and oxygen atoms in total. The summed E-state index contributed by atoms with van der Waals surface area (Å²) in [6, 6.07) is 7.14. The van der Waals surface area contributed by atoms with Gasteiger partial charge < -0.3 is 19.5 Å². The first kappa shape index (κ1) is 22.6. The van der Waals surface area contributed by atoms with Crippen molar-refractivity contribution >= 4 is 40.3 Å². The number of anilines is 1. The van der Waals surface area contributed by atoms with Gasteiger partial charge in [0.2, 0.25) is 0 Å². The quantitative estimate of drug-likeness (QED) is 0.516. The van der Waals surface area contributed by atoms with Crippen molar-refractivity contribution in [1.29, 1.82) is 0 Å². The first-order valence-electron chi connectivity index (χ1n) is 9.92. The van der Waals surface area contributed by atoms with E-state index in [1.54, 1.807) is 37.5 Å². The van der Waals surface area contributed by atoms with E-state index in [9.17, 15) is 14.4 Å². The lowest BCUT2D eigenvalue weighted by Crippen LogP contribution is -2.21. The molecule has 0 saturated carbocycles. The van der Waals surface area contributed by atoms with Gasteiger partial charge in [0.25, 0.3) is 5.91 Å². The minimum atomic E-state index is -0.640. The van der Waals surface area contributed by atoms with Crippen LogP contribution < -0.4 is 10.1 Å². The maximum Gasteiger partial charge on any atom is 0.341 e. The number of thiophene rings is 1. The van der Waals surface area contributed by atoms with Crippen molar-refractivity contribution in [3.63, 3.8) is 0 Å². The molecule has 1 aliphatic carbocycles. The number of hydrogen-bond donors (Lipinski definition) is 1. The fourth-order valence-electron chi connectivity index (χ4n) is 3.38. The third kappa shape index (κ3) is 5.73. The molecular formula is C23H25NO6S. The van der Waals surface area contributed by atoms with Crippen molar-refractivity contribution in [1.82, 2.24) is 0 Å². The second-order valence-corrected chi connectivity index (χ2v) is 8.42. The Morgan fingerprint density at radius 1 is 1.19 bits per heavy atom. The molecule has 3 rings (SSSR count). The van der Waals surface area contributed by atoms with Crippen LogP contribution in [-0.4, -0.2) is 38.7 Å². The second-order valence-electron chi connectivity index (χ2n) is 7.31. The molecule has 1 aromatic carbocycles. The molecule has 0 aliphatic heterocycles. The highest BCUT2D eigenvalue weighted by Gasteiger charge is 2.28. The number of fused-ring (bicyclic) bond motifs is 1. The van der Waals surface area contributed by atoms with Gasteiger partial charge in [-0.1, -0.05) is 19.1 Å². The number of benzene rings is 1. The number of amides is 1. The van der Waals surface area contributed by atoms with Crippen molar-refractivity contribution in [3.05, 3.63) is 51.9 Å². The maximum absolute atomic E-state index is 12.3. The zero-order chi connectivity index (χ0) is 22.4. The molecule has 1 unspecified atom stereocenters. The molecule has 31 heavy (non-hydrogen) atoms. The van der Waals surface area contributed by atoms with E-state index in [0.717, 1.165) is 35.3 Å². The Bertz CT molecular complexity index is 992. The minimum absolute atomic E-state index is 0.411. The predicted molar refractivity (Wildman–Crippen MR) is 118 cm³/mol. The third-order valence-corrected chi connectivity index (χ3v) is 6.20. The van der Waals surface area contributed by atoms with E-state index in [4.69, 9.17) is 14.2 Å². The highest BCUT2D eigenvalue weighted by Crippen LogP contribution is 2.40. The molecule has 0 spiro atoms. The van der Waals surface area contributed by atoms with Crippen LogP contribution in [0.15, 0.2) is 30.3 Å². The first-order valence-corrected chi connectivity index (χ1v) is 10.7. The third-order valence-electron chi connectivity index (χ3n) is 5.03. The van der Waals surface area contributed by atoms with E-state index in [2.05, 4.69) is 12.2 Å². The van der Waals surface area contributed by atoms with Crippen LogP contribution >= 0.6 is 11.3 Å². The van der Waals surface area contributed by atoms with E-state index >= 15 is 0 Å². The lowest BCUT2D eigenvalue weighted by molar-refractivity contribution is -0.142. The average Bonchev–Trinajstić information content (AvgIpc) is 3.12. The summed E-state index contributed by atoms with van der Waals surface area (Å²) in [5, 5.41) is 3.15. The monoisotopic (exact) mass is 443 g/mol. The van der Waals surface area contributed by atoms with Crippen molar-refractivity contribution < 1.29 is 28.6 Å². The van der Waals surface area contributed by atoms with Gasteiger partial charge in [-0.2, -0.15) is 0 Å². The van der Waals surface area contributed by atoms with Gasteiger partial charge in [-0.25, -0.2) is 9.59 Å². The van der Waals surface area contributed by atoms with Crippen LogP contribution in [0.3, 0.4) is 0 Å². The molecule has 1 atom stereocenters. The number of rotatable bonds is 7. The zero-order valence-electron chi connectivity index (χ0n) is 17.7. The smallest absolute Gasteiger partial charge is 0.341 e. The summed E-state index contributed by atoms with van der Waals surface area (Å²) in [6.07, 6.45) is 5.46. The fourth-order valence-corrected chi connectivity index (χ4v) is 4.80. The van der Waals surface area contributed by atoms with Gasteiger partial charge in [0, 0.05) is 11.0 Å². The Labute approximate surface area is 185 Å². The number of carbonyl (C=O) groups is 3. The molecule has 1 N–H and O–H groups in total. The Balaban J connectivity index is 1.59. The maximum atomic E-state index is 12.3. The summed E-state index contributed by atoms with van der Waals surface area (Å²) >= 11 is 1.39. The molecule has 0 saturated heterocycles. The minimum Gasteiger partial charge on any atom is -0.497 e. The molecule has 1 aromatic heterocycles. The Morgan fingerprint density at radius 3 is 2.61 bits per heavy atom. The molecule has 2 aromatic rings. The van der Waals surface area contributed by atoms with E-state index in [1.807, 2.05) is 0 Å². The highest BCUT2D eigenvalue weighted by molar-refractivity contribution is 7.17. The largest absolute Gasteiger partial charge is 0.497 e. The second kappa shape index (κ2) is 10.3. The van der Waals surface area contributed by atoms with E-state index in [1.165, 1.54) is 24.5 Å². The first-order chi connectivity index (χ1) is 14.9. The van der Waals surface area contributed by atoms with Crippen molar-refractivity contribution in [3.8, 4) is 5.75 Å². The molecule has 8 heteroatoms. The van der Waals surface area contributed by atoms with Gasteiger partial charge >= 0.3 is 11.9 Å². The van der Waals surface area contributed by atoms with Crippen LogP contribution in [0.2, 0.25) is 0 Å². The fraction of sp³-hybridized carbons (Fsp3) is 0.348. The van der Waals surface area contributed by atoms with Gasteiger partial charge in [-0.05, 0) is 54.5 Å². The van der Waals surface area contributed by atoms with Crippen LogP contribution in [0, 0.1) is 5.92 Å². The van der Waals surface area contributed by atoms with Gasteiger partial charge in [-0.3, -0.25) is 4.79 Å². The van der Waals surface area contributed by atoms with Gasteiger partial charge in [0.1, 0.15) is 10.8 Å². The van der Waals surface area contributed by atoms with Crippen molar-refractivity contribution in [2.75, 3.05) is 26.1 Å². The van der Waals surface area contributed by atoms with Gasteiger partial charge in [0.15, 0.2) is 6.61 Å². The predicted octanol–water partition coefficient (Wildman–Crippen LogP) is 3.86. The Morgan fingerprint density at radius 2 is 1.94 bits per heavy atom. The van der Waals surface area contributed by atoms with Crippen LogP contribution in [0.25, 0.3) is 6.08 Å². The lowest BCUT2D eigenvalue weighted by atomic mass is 9.88. The number of nitrogens with one attached hydrogen (secondary N) is 1. The summed E-state index contributed by atoms with van der Waals surface area (Å²) in [6.45, 7) is 1.71. The van der Waals surface area contributed by atoms with Gasteiger partial charge in [0.05, 0.1) is 19.8 Å². The average molecular weight is 444 g/mol. The summed E-state index contributed by atoms with van der Waals surface area (Å²) in [7, 11) is 2.90. The number of methoxy groups -OCH3 is 2. The van der Waals surface area contributed by atoms with Crippen molar-refractivity contribution in [2.45, 2.75) is 26.2 Å². The standard InChI is InChI=1S/C23H25NO6S/c1-14-4-10-17-18(12-14)31-22(21(17)23(27)29-3)24-19(25)13-30-20(26)11-7-15-5-8-16(28-2)9-6-15/h5-9,11,14H,4,10,12-13H2,1-3H3,(H,24,25)/b11-7+. The van der Waals surface area contributed by atoms with E-state index < -0.39 is 24.5 Å². The number of ether oxygens (including phenoxy) is 3. The number of esters is 2. The normalized spacial score (nSPS) is 15.3. The molecule has 1 aliphatic rings.